The number of hydrogen-bond acceptors (Lipinski definition) is 5. The molecule has 0 aromatic heterocycles. The largest absolute Gasteiger partial charge is 0.455 e. The Bertz CT molecular complexity index is 956. The van der Waals surface area contributed by atoms with E-state index in [2.05, 4.69) is 5.32 Å². The van der Waals surface area contributed by atoms with E-state index in [1.165, 1.54) is 6.92 Å². The Morgan fingerprint density at radius 1 is 1.10 bits per heavy atom. The maximum atomic E-state index is 12.4. The first-order valence-corrected chi connectivity index (χ1v) is 10.2. The van der Waals surface area contributed by atoms with Gasteiger partial charge in [-0.1, -0.05) is 48.0 Å². The predicted molar refractivity (Wildman–Crippen MR) is 115 cm³/mol. The molecule has 0 spiro atoms. The third-order valence-electron chi connectivity index (χ3n) is 5.26. The molecule has 0 bridgehead atoms. The predicted octanol–water partition coefficient (Wildman–Crippen LogP) is 2.21. The Hall–Kier alpha value is -3.48. The number of anilines is 1. The molecular formula is C24H26N2O5. The Morgan fingerprint density at radius 3 is 2.42 bits per heavy atom. The minimum Gasteiger partial charge on any atom is -0.455 e. The van der Waals surface area contributed by atoms with E-state index in [1.54, 1.807) is 4.90 Å². The molecule has 7 nitrogen and oxygen atoms in total. The zero-order valence-corrected chi connectivity index (χ0v) is 17.7. The maximum absolute atomic E-state index is 12.4. The first kappa shape index (κ1) is 22.2. The summed E-state index contributed by atoms with van der Waals surface area (Å²) in [6.07, 6.45) is 0.400. The van der Waals surface area contributed by atoms with Gasteiger partial charge in [0.25, 0.3) is 5.91 Å². The molecule has 0 saturated carbocycles. The highest BCUT2D eigenvalue weighted by molar-refractivity contribution is 5.99. The van der Waals surface area contributed by atoms with Crippen molar-refractivity contribution in [3.8, 4) is 0 Å². The van der Waals surface area contributed by atoms with E-state index in [0.717, 1.165) is 16.8 Å². The highest BCUT2D eigenvalue weighted by Gasteiger charge is 2.36. The molecule has 1 aliphatic heterocycles. The average Bonchev–Trinajstić information content (AvgIpc) is 3.14. The topological polar surface area (TPSA) is 92.8 Å². The highest BCUT2D eigenvalue weighted by atomic mass is 16.5. The van der Waals surface area contributed by atoms with Crippen molar-refractivity contribution in [3.63, 3.8) is 0 Å². The number of aryl methyl sites for hydroxylation is 1. The van der Waals surface area contributed by atoms with E-state index in [1.807, 2.05) is 61.5 Å². The molecule has 2 amide bonds. The fourth-order valence-electron chi connectivity index (χ4n) is 3.48. The molecule has 2 aromatic carbocycles. The van der Waals surface area contributed by atoms with Crippen LogP contribution in [0.2, 0.25) is 0 Å². The SMILES string of the molecule is CC(=O)[C@H](Cc1ccccc1)NC(=O)COC(=O)[C@H]1CC(=O)N(c2ccc(C)cc2)C1. The van der Waals surface area contributed by atoms with Gasteiger partial charge in [0, 0.05) is 18.7 Å². The molecule has 1 aliphatic rings. The minimum absolute atomic E-state index is 0.0401. The van der Waals surface area contributed by atoms with E-state index in [9.17, 15) is 19.2 Å². The normalized spacial score (nSPS) is 16.6. The van der Waals surface area contributed by atoms with Crippen LogP contribution < -0.4 is 10.2 Å². The summed E-state index contributed by atoms with van der Waals surface area (Å²) in [5, 5.41) is 2.62. The van der Waals surface area contributed by atoms with Gasteiger partial charge in [0.1, 0.15) is 0 Å². The smallest absolute Gasteiger partial charge is 0.311 e. The molecule has 1 fully saturated rings. The Kier molecular flexibility index (Phi) is 7.18. The molecule has 1 heterocycles. The monoisotopic (exact) mass is 422 g/mol. The summed E-state index contributed by atoms with van der Waals surface area (Å²) in [5.41, 5.74) is 2.73. The molecule has 2 aromatic rings. The van der Waals surface area contributed by atoms with Gasteiger partial charge in [0.05, 0.1) is 12.0 Å². The van der Waals surface area contributed by atoms with Crippen LogP contribution in [0.15, 0.2) is 54.6 Å². The van der Waals surface area contributed by atoms with Crippen LogP contribution in [0.1, 0.15) is 24.5 Å². The number of hydrogen-bond donors (Lipinski definition) is 1. The van der Waals surface area contributed by atoms with Gasteiger partial charge in [-0.05, 0) is 38.0 Å². The van der Waals surface area contributed by atoms with Crippen molar-refractivity contribution in [2.45, 2.75) is 32.7 Å². The standard InChI is InChI=1S/C24H26N2O5/c1-16-8-10-20(11-9-16)26-14-19(13-23(26)29)24(30)31-15-22(28)25-21(17(2)27)12-18-6-4-3-5-7-18/h3-11,19,21H,12-15H2,1-2H3,(H,25,28)/t19-,21-/m0/s1. The van der Waals surface area contributed by atoms with Crippen molar-refractivity contribution in [2.24, 2.45) is 5.92 Å². The zero-order valence-electron chi connectivity index (χ0n) is 17.7. The Labute approximate surface area is 181 Å². The van der Waals surface area contributed by atoms with E-state index in [4.69, 9.17) is 4.74 Å². The van der Waals surface area contributed by atoms with E-state index in [0.29, 0.717) is 6.42 Å². The lowest BCUT2D eigenvalue weighted by Gasteiger charge is -2.17. The van der Waals surface area contributed by atoms with Crippen LogP contribution in [-0.2, 0) is 30.3 Å². The average molecular weight is 422 g/mol. The summed E-state index contributed by atoms with van der Waals surface area (Å²) in [5.74, 6) is -2.12. The quantitative estimate of drug-likeness (QED) is 0.659. The van der Waals surface area contributed by atoms with E-state index in [-0.39, 0.29) is 24.7 Å². The number of rotatable bonds is 8. The van der Waals surface area contributed by atoms with Crippen LogP contribution in [-0.4, -0.2) is 42.8 Å². The summed E-state index contributed by atoms with van der Waals surface area (Å²) >= 11 is 0. The molecule has 0 unspecified atom stereocenters. The minimum atomic E-state index is -0.696. The number of benzene rings is 2. The summed E-state index contributed by atoms with van der Waals surface area (Å²) < 4.78 is 5.13. The van der Waals surface area contributed by atoms with Gasteiger partial charge >= 0.3 is 5.97 Å². The molecule has 1 N–H and O–H groups in total. The van der Waals surface area contributed by atoms with Crippen LogP contribution in [0, 0.1) is 12.8 Å². The van der Waals surface area contributed by atoms with Crippen LogP contribution in [0.25, 0.3) is 0 Å². The summed E-state index contributed by atoms with van der Waals surface area (Å²) in [6, 6.07) is 16.1. The Balaban J connectivity index is 1.50. The number of nitrogens with one attached hydrogen (secondary N) is 1. The first-order valence-electron chi connectivity index (χ1n) is 10.2. The van der Waals surface area contributed by atoms with Gasteiger partial charge in [-0.25, -0.2) is 0 Å². The molecule has 3 rings (SSSR count). The number of nitrogens with zero attached hydrogens (tertiary/aromatic N) is 1. The number of Topliss-reactive ketones (excluding diaryl/α,β-unsaturated/α-hetero) is 1. The van der Waals surface area contributed by atoms with Crippen molar-refractivity contribution in [2.75, 3.05) is 18.1 Å². The van der Waals surface area contributed by atoms with Gasteiger partial charge in [0.2, 0.25) is 5.91 Å². The molecule has 162 valence electrons. The molecule has 2 atom stereocenters. The van der Waals surface area contributed by atoms with Crippen molar-refractivity contribution >= 4 is 29.3 Å². The number of carbonyl (C=O) groups excluding carboxylic acids is 4. The summed E-state index contributed by atoms with van der Waals surface area (Å²) in [6.45, 7) is 3.08. The fraction of sp³-hybridized carbons (Fsp3) is 0.333. The third kappa shape index (κ3) is 6.01. The van der Waals surface area contributed by atoms with Gasteiger partial charge in [-0.2, -0.15) is 0 Å². The van der Waals surface area contributed by atoms with Gasteiger partial charge < -0.3 is 15.0 Å². The second-order valence-corrected chi connectivity index (χ2v) is 7.77. The molecule has 0 aliphatic carbocycles. The van der Waals surface area contributed by atoms with Crippen LogP contribution in [0.5, 0.6) is 0 Å². The van der Waals surface area contributed by atoms with E-state index >= 15 is 0 Å². The number of ketones is 1. The lowest BCUT2D eigenvalue weighted by atomic mass is 10.0. The first-order chi connectivity index (χ1) is 14.8. The molecular weight excluding hydrogens is 396 g/mol. The highest BCUT2D eigenvalue weighted by Crippen LogP contribution is 2.26. The molecule has 7 heteroatoms. The Morgan fingerprint density at radius 2 is 1.77 bits per heavy atom. The second kappa shape index (κ2) is 10.0. The van der Waals surface area contributed by atoms with Crippen molar-refractivity contribution < 1.29 is 23.9 Å². The number of carbonyl (C=O) groups is 4. The molecule has 31 heavy (non-hydrogen) atoms. The number of ether oxygens (including phenoxy) is 1. The van der Waals surface area contributed by atoms with Gasteiger partial charge in [-0.3, -0.25) is 19.2 Å². The number of esters is 1. The summed E-state index contributed by atoms with van der Waals surface area (Å²) in [7, 11) is 0. The van der Waals surface area contributed by atoms with Gasteiger partial charge in [-0.15, -0.1) is 0 Å². The lowest BCUT2D eigenvalue weighted by molar-refractivity contribution is -0.152. The second-order valence-electron chi connectivity index (χ2n) is 7.77. The van der Waals surface area contributed by atoms with Crippen LogP contribution in [0.3, 0.4) is 0 Å². The zero-order chi connectivity index (χ0) is 22.4. The fourth-order valence-corrected chi connectivity index (χ4v) is 3.48. The van der Waals surface area contributed by atoms with Crippen molar-refractivity contribution in [1.29, 1.82) is 0 Å². The van der Waals surface area contributed by atoms with Crippen LogP contribution in [0.4, 0.5) is 5.69 Å². The summed E-state index contributed by atoms with van der Waals surface area (Å²) in [4.78, 5) is 50.4. The van der Waals surface area contributed by atoms with Crippen molar-refractivity contribution in [1.82, 2.24) is 5.32 Å². The molecule has 0 radical (unpaired) electrons. The molecule has 1 saturated heterocycles. The van der Waals surface area contributed by atoms with Crippen LogP contribution >= 0.6 is 0 Å². The lowest BCUT2D eigenvalue weighted by Crippen LogP contribution is -2.43. The van der Waals surface area contributed by atoms with Crippen molar-refractivity contribution in [3.05, 3.63) is 65.7 Å². The third-order valence-corrected chi connectivity index (χ3v) is 5.26. The number of amides is 2. The van der Waals surface area contributed by atoms with E-state index < -0.39 is 30.4 Å². The van der Waals surface area contributed by atoms with Gasteiger partial charge in [0.15, 0.2) is 12.4 Å². The maximum Gasteiger partial charge on any atom is 0.311 e.